The quantitative estimate of drug-likeness (QED) is 0.360. The molecule has 0 unspecified atom stereocenters. The SMILES string of the molecule is O[C@@H](c1ccc(C#CC23CC(C(F)(F)[C@@](O)(Cn4cnnn4)c4ccc(F)cc4F)(C2)C3)cc1)C(F)(F)F. The molecule has 0 aliphatic heterocycles. The molecule has 3 saturated carbocycles. The van der Waals surface area contributed by atoms with Crippen LogP contribution < -0.4 is 0 Å². The number of rotatable bonds is 6. The fourth-order valence-electron chi connectivity index (χ4n) is 5.50. The van der Waals surface area contributed by atoms with Crippen molar-refractivity contribution in [3.05, 3.63) is 77.1 Å². The minimum atomic E-state index is -4.82. The van der Waals surface area contributed by atoms with Gasteiger partial charge in [0.2, 0.25) is 0 Å². The van der Waals surface area contributed by atoms with Gasteiger partial charge in [-0.15, -0.1) is 5.10 Å². The molecule has 1 aromatic heterocycles. The average molecular weight is 540 g/mol. The third-order valence-electron chi connectivity index (χ3n) is 7.38. The molecule has 3 aliphatic rings. The molecule has 200 valence electrons. The van der Waals surface area contributed by atoms with Gasteiger partial charge in [-0.2, -0.15) is 13.2 Å². The molecule has 2 atom stereocenters. The Morgan fingerprint density at radius 2 is 1.66 bits per heavy atom. The van der Waals surface area contributed by atoms with Crippen LogP contribution in [-0.2, 0) is 12.1 Å². The van der Waals surface area contributed by atoms with E-state index in [4.69, 9.17) is 0 Å². The predicted molar refractivity (Wildman–Crippen MR) is 116 cm³/mol. The maximum atomic E-state index is 16.1. The summed E-state index contributed by atoms with van der Waals surface area (Å²) in [5.41, 5.74) is -6.46. The number of aliphatic hydroxyl groups excluding tert-OH is 1. The zero-order valence-electron chi connectivity index (χ0n) is 19.4. The maximum absolute atomic E-state index is 16.1. The number of hydrogen-bond donors (Lipinski definition) is 2. The van der Waals surface area contributed by atoms with E-state index in [9.17, 15) is 32.2 Å². The van der Waals surface area contributed by atoms with E-state index < -0.39 is 58.4 Å². The molecule has 6 nitrogen and oxygen atoms in total. The summed E-state index contributed by atoms with van der Waals surface area (Å²) in [6.07, 6.45) is -6.83. The smallest absolute Gasteiger partial charge is 0.379 e. The van der Waals surface area contributed by atoms with Gasteiger partial charge in [0.25, 0.3) is 5.92 Å². The number of aromatic nitrogens is 4. The fraction of sp³-hybridized carbons (Fsp3) is 0.400. The summed E-state index contributed by atoms with van der Waals surface area (Å²) in [5, 5.41) is 30.9. The van der Waals surface area contributed by atoms with Crippen molar-refractivity contribution in [1.29, 1.82) is 0 Å². The molecule has 38 heavy (non-hydrogen) atoms. The predicted octanol–water partition coefficient (Wildman–Crippen LogP) is 4.29. The van der Waals surface area contributed by atoms with Crippen molar-refractivity contribution in [2.24, 2.45) is 10.8 Å². The highest BCUT2D eigenvalue weighted by Crippen LogP contribution is 2.80. The van der Waals surface area contributed by atoms with E-state index in [1.54, 1.807) is 0 Å². The van der Waals surface area contributed by atoms with Crippen LogP contribution >= 0.6 is 0 Å². The van der Waals surface area contributed by atoms with Crippen molar-refractivity contribution in [1.82, 2.24) is 20.2 Å². The number of benzene rings is 2. The summed E-state index contributed by atoms with van der Waals surface area (Å²) >= 11 is 0. The van der Waals surface area contributed by atoms with Crippen LogP contribution in [0.5, 0.6) is 0 Å². The molecule has 0 amide bonds. The van der Waals surface area contributed by atoms with Crippen molar-refractivity contribution in [2.45, 2.75) is 49.6 Å². The van der Waals surface area contributed by atoms with Crippen LogP contribution in [0, 0.1) is 34.3 Å². The Hall–Kier alpha value is -3.50. The molecule has 1 heterocycles. The van der Waals surface area contributed by atoms with Crippen LogP contribution in [0.2, 0.25) is 0 Å². The van der Waals surface area contributed by atoms with Crippen molar-refractivity contribution in [2.75, 3.05) is 0 Å². The van der Waals surface area contributed by atoms with Gasteiger partial charge < -0.3 is 10.2 Å². The van der Waals surface area contributed by atoms with Crippen molar-refractivity contribution >= 4 is 0 Å². The fourth-order valence-corrected chi connectivity index (χ4v) is 5.50. The molecular weight excluding hydrogens is 521 g/mol. The lowest BCUT2D eigenvalue weighted by molar-refractivity contribution is -0.355. The monoisotopic (exact) mass is 540 g/mol. The molecular formula is C25H19F7N4O2. The van der Waals surface area contributed by atoms with E-state index in [1.165, 1.54) is 12.1 Å². The van der Waals surface area contributed by atoms with Gasteiger partial charge in [-0.05, 0) is 59.5 Å². The van der Waals surface area contributed by atoms with E-state index in [0.29, 0.717) is 11.6 Å². The summed E-state index contributed by atoms with van der Waals surface area (Å²) in [6, 6.07) is 6.68. The largest absolute Gasteiger partial charge is 0.418 e. The lowest BCUT2D eigenvalue weighted by Crippen LogP contribution is -2.74. The number of tetrazole rings is 1. The first kappa shape index (κ1) is 26.1. The highest BCUT2D eigenvalue weighted by Gasteiger charge is 2.81. The zero-order valence-corrected chi connectivity index (χ0v) is 19.4. The Labute approximate surface area is 211 Å². The van der Waals surface area contributed by atoms with Gasteiger partial charge >= 0.3 is 6.18 Å². The summed E-state index contributed by atoms with van der Waals surface area (Å²) in [6.45, 7) is -0.897. The minimum absolute atomic E-state index is 0.119. The molecule has 3 aromatic rings. The summed E-state index contributed by atoms with van der Waals surface area (Å²) in [7, 11) is 0. The van der Waals surface area contributed by atoms with E-state index in [2.05, 4.69) is 27.4 Å². The first-order chi connectivity index (χ1) is 17.7. The van der Waals surface area contributed by atoms with Crippen LogP contribution in [0.4, 0.5) is 30.7 Å². The van der Waals surface area contributed by atoms with E-state index in [0.717, 1.165) is 35.3 Å². The van der Waals surface area contributed by atoms with Gasteiger partial charge in [-0.1, -0.05) is 24.0 Å². The second-order valence-corrected chi connectivity index (χ2v) is 9.97. The molecule has 0 spiro atoms. The number of nitrogens with zero attached hydrogens (tertiary/aromatic N) is 4. The Kier molecular flexibility index (Phi) is 5.85. The van der Waals surface area contributed by atoms with Crippen molar-refractivity contribution < 1.29 is 40.9 Å². The molecule has 13 heteroatoms. The van der Waals surface area contributed by atoms with Crippen molar-refractivity contribution in [3.8, 4) is 11.8 Å². The molecule has 0 saturated heterocycles. The first-order valence-corrected chi connectivity index (χ1v) is 11.3. The highest BCUT2D eigenvalue weighted by molar-refractivity contribution is 5.43. The summed E-state index contributed by atoms with van der Waals surface area (Å²) in [4.78, 5) is 0. The Morgan fingerprint density at radius 3 is 2.21 bits per heavy atom. The Balaban J connectivity index is 1.37. The van der Waals surface area contributed by atoms with Gasteiger partial charge in [-0.3, -0.25) is 0 Å². The highest BCUT2D eigenvalue weighted by atomic mass is 19.4. The lowest BCUT2D eigenvalue weighted by atomic mass is 9.32. The topological polar surface area (TPSA) is 84.1 Å². The van der Waals surface area contributed by atoms with Crippen molar-refractivity contribution in [3.63, 3.8) is 0 Å². The second-order valence-electron chi connectivity index (χ2n) is 9.97. The van der Waals surface area contributed by atoms with Gasteiger partial charge in [-0.25, -0.2) is 22.2 Å². The molecule has 3 fully saturated rings. The van der Waals surface area contributed by atoms with E-state index >= 15 is 8.78 Å². The molecule has 2 bridgehead atoms. The molecule has 2 N–H and O–H groups in total. The van der Waals surface area contributed by atoms with Crippen LogP contribution in [0.25, 0.3) is 0 Å². The number of halogens is 7. The Bertz CT molecular complexity index is 1390. The maximum Gasteiger partial charge on any atom is 0.418 e. The van der Waals surface area contributed by atoms with Crippen LogP contribution in [-0.4, -0.2) is 42.5 Å². The van der Waals surface area contributed by atoms with Crippen LogP contribution in [0.1, 0.15) is 42.1 Å². The number of alkyl halides is 5. The van der Waals surface area contributed by atoms with Gasteiger partial charge in [0, 0.05) is 28.0 Å². The third kappa shape index (κ3) is 4.03. The number of aliphatic hydroxyl groups is 2. The third-order valence-corrected chi connectivity index (χ3v) is 7.38. The zero-order chi connectivity index (χ0) is 27.6. The Morgan fingerprint density at radius 1 is 1.00 bits per heavy atom. The molecule has 3 aliphatic carbocycles. The van der Waals surface area contributed by atoms with Gasteiger partial charge in [0.1, 0.15) is 18.0 Å². The number of hydrogen-bond acceptors (Lipinski definition) is 5. The van der Waals surface area contributed by atoms with Crippen LogP contribution in [0.15, 0.2) is 48.8 Å². The van der Waals surface area contributed by atoms with Gasteiger partial charge in [0.05, 0.1) is 6.54 Å². The first-order valence-electron chi connectivity index (χ1n) is 11.3. The molecule has 6 rings (SSSR count). The molecule has 0 radical (unpaired) electrons. The van der Waals surface area contributed by atoms with E-state index in [-0.39, 0.29) is 24.8 Å². The average Bonchev–Trinajstić information content (AvgIpc) is 3.29. The van der Waals surface area contributed by atoms with Crippen LogP contribution in [0.3, 0.4) is 0 Å². The standard InChI is InChI=1S/C25H19F7N4O2/c26-17-5-6-18(19(27)9-17)23(38,13-36-14-33-34-35-36)25(31,32)22-10-21(11-22,12-22)8-7-15-1-3-16(4-2-15)20(37)24(28,29)30/h1-6,9,14,20,37-38H,10-13H2/t20-,21?,22?,23+/m0/s1. The van der Waals surface area contributed by atoms with E-state index in [1.807, 2.05) is 0 Å². The lowest BCUT2D eigenvalue weighted by Gasteiger charge is -2.72. The van der Waals surface area contributed by atoms with Gasteiger partial charge in [0.15, 0.2) is 11.7 Å². The molecule has 2 aromatic carbocycles. The summed E-state index contributed by atoms with van der Waals surface area (Å²) < 4.78 is 99.2. The minimum Gasteiger partial charge on any atom is -0.379 e. The summed E-state index contributed by atoms with van der Waals surface area (Å²) in [5.74, 6) is -0.580. The second kappa shape index (κ2) is 8.51. The normalized spacial score (nSPS) is 24.9.